The van der Waals surface area contributed by atoms with Gasteiger partial charge in [-0.05, 0) is 30.3 Å². The molecule has 2 aromatic carbocycles. The summed E-state index contributed by atoms with van der Waals surface area (Å²) in [6, 6.07) is 7.55. The van der Waals surface area contributed by atoms with Gasteiger partial charge in [-0.15, -0.1) is 0 Å². The zero-order valence-corrected chi connectivity index (χ0v) is 24.6. The number of carbonyl (C=O) groups excluding carboxylic acids is 2. The fraction of sp³-hybridized carbons (Fsp3) is 0.0909. The van der Waals surface area contributed by atoms with Crippen LogP contribution in [0.3, 0.4) is 0 Å². The van der Waals surface area contributed by atoms with Gasteiger partial charge in [-0.25, -0.2) is 0 Å². The number of nitro groups is 1. The van der Waals surface area contributed by atoms with Gasteiger partial charge in [-0.2, -0.15) is 16.8 Å². The third-order valence-electron chi connectivity index (χ3n) is 5.70. The van der Waals surface area contributed by atoms with Crippen LogP contribution in [0.2, 0.25) is 0 Å². The van der Waals surface area contributed by atoms with Crippen molar-refractivity contribution in [2.45, 2.75) is 9.79 Å². The second kappa shape index (κ2) is 11.1. The van der Waals surface area contributed by atoms with Crippen LogP contribution in [0.25, 0.3) is 10.8 Å². The van der Waals surface area contributed by atoms with Gasteiger partial charge in [0.15, 0.2) is 0 Å². The molecular formula is C22H19N5NaO10S2. The molecule has 0 saturated carbocycles. The quantitative estimate of drug-likeness (QED) is 0.105. The molecule has 2 heterocycles. The summed E-state index contributed by atoms with van der Waals surface area (Å²) >= 11 is 0. The Bertz CT molecular complexity index is 1910. The van der Waals surface area contributed by atoms with Gasteiger partial charge in [0.2, 0.25) is 0 Å². The Morgan fingerprint density at radius 2 is 1.43 bits per heavy atom. The first-order valence-corrected chi connectivity index (χ1v) is 13.6. The first-order chi connectivity index (χ1) is 18.1. The molecule has 2 aromatic heterocycles. The van der Waals surface area contributed by atoms with Crippen LogP contribution < -0.4 is 10.6 Å². The number of carbonyl (C=O) groups is 2. The Balaban J connectivity index is 0.00000441. The number of nitrogens with zero attached hydrogens (tertiary/aromatic N) is 3. The number of fused-ring (bicyclic) bond motifs is 1. The van der Waals surface area contributed by atoms with Crippen LogP contribution in [0, 0.1) is 10.1 Å². The molecule has 0 aliphatic carbocycles. The summed E-state index contributed by atoms with van der Waals surface area (Å²) in [4.78, 5) is 34.7. The second-order valence-corrected chi connectivity index (χ2v) is 11.2. The van der Waals surface area contributed by atoms with Gasteiger partial charge in [-0.1, -0.05) is 6.07 Å². The van der Waals surface area contributed by atoms with Crippen molar-refractivity contribution >= 4 is 89.4 Å². The van der Waals surface area contributed by atoms with Gasteiger partial charge in [0, 0.05) is 72.4 Å². The normalized spacial score (nSPS) is 11.6. The van der Waals surface area contributed by atoms with Gasteiger partial charge in [0.05, 0.1) is 21.7 Å². The van der Waals surface area contributed by atoms with Crippen molar-refractivity contribution in [1.82, 2.24) is 9.13 Å². The Labute approximate surface area is 248 Å². The average Bonchev–Trinajstić information content (AvgIpc) is 3.39. The van der Waals surface area contributed by atoms with E-state index in [1.807, 2.05) is 0 Å². The molecule has 0 aliphatic heterocycles. The average molecular weight is 601 g/mol. The molecule has 0 saturated heterocycles. The number of benzene rings is 2. The summed E-state index contributed by atoms with van der Waals surface area (Å²) in [5, 5.41) is 15.8. The molecule has 0 atom stereocenters. The fourth-order valence-electron chi connectivity index (χ4n) is 3.91. The molecule has 15 nitrogen and oxygen atoms in total. The molecule has 0 bridgehead atoms. The van der Waals surface area contributed by atoms with E-state index >= 15 is 0 Å². The van der Waals surface area contributed by atoms with Crippen molar-refractivity contribution in [3.63, 3.8) is 0 Å². The summed E-state index contributed by atoms with van der Waals surface area (Å²) in [6.45, 7) is 0. The van der Waals surface area contributed by atoms with E-state index in [1.165, 1.54) is 47.8 Å². The summed E-state index contributed by atoms with van der Waals surface area (Å²) < 4.78 is 68.4. The van der Waals surface area contributed by atoms with Crippen molar-refractivity contribution in [2.24, 2.45) is 14.1 Å². The number of hydrogen-bond acceptors (Lipinski definition) is 8. The molecule has 4 aromatic rings. The molecule has 18 heteroatoms. The number of nitrogens with one attached hydrogen (secondary N) is 2. The number of aromatic nitrogens is 2. The van der Waals surface area contributed by atoms with Gasteiger partial charge in [-0.3, -0.25) is 28.8 Å². The monoisotopic (exact) mass is 600 g/mol. The number of anilines is 2. The molecule has 1 radical (unpaired) electrons. The van der Waals surface area contributed by atoms with Crippen molar-refractivity contribution in [3.05, 3.63) is 76.4 Å². The van der Waals surface area contributed by atoms with Crippen LogP contribution in [0.5, 0.6) is 0 Å². The number of rotatable bonds is 7. The molecule has 4 rings (SSSR count). The van der Waals surface area contributed by atoms with E-state index in [0.29, 0.717) is 0 Å². The number of aryl methyl sites for hydroxylation is 2. The van der Waals surface area contributed by atoms with E-state index in [9.17, 15) is 45.6 Å². The Kier molecular flexibility index (Phi) is 8.61. The minimum Gasteiger partial charge on any atom is -0.344 e. The van der Waals surface area contributed by atoms with Crippen LogP contribution in [0.15, 0.2) is 64.6 Å². The van der Waals surface area contributed by atoms with E-state index in [0.717, 1.165) is 30.3 Å². The SMILES string of the molecule is Cn1cc([N+](=O)[O-])cc1C(=O)Nc1cc(C(=O)Nc2ccc(S(=O)(=O)O)c3cc(S(=O)(=O)O)ccc23)n(C)c1.[Na]. The van der Waals surface area contributed by atoms with Crippen molar-refractivity contribution in [2.75, 3.05) is 10.6 Å². The van der Waals surface area contributed by atoms with Gasteiger partial charge >= 0.3 is 0 Å². The number of amides is 2. The summed E-state index contributed by atoms with van der Waals surface area (Å²) in [7, 11) is -6.55. The zero-order valence-electron chi connectivity index (χ0n) is 21.0. The van der Waals surface area contributed by atoms with Crippen LogP contribution in [0.4, 0.5) is 17.1 Å². The Morgan fingerprint density at radius 3 is 2.00 bits per heavy atom. The molecule has 40 heavy (non-hydrogen) atoms. The minimum atomic E-state index is -4.81. The smallest absolute Gasteiger partial charge is 0.295 e. The Morgan fingerprint density at radius 1 is 0.825 bits per heavy atom. The molecule has 0 aliphatic rings. The maximum absolute atomic E-state index is 13.1. The van der Waals surface area contributed by atoms with E-state index in [4.69, 9.17) is 0 Å². The van der Waals surface area contributed by atoms with Crippen molar-refractivity contribution < 1.29 is 40.5 Å². The summed E-state index contributed by atoms with van der Waals surface area (Å²) in [5.74, 6) is -1.36. The van der Waals surface area contributed by atoms with Crippen LogP contribution in [-0.4, -0.2) is 81.4 Å². The standard InChI is InChI=1S/C22H19N5O10S2.Na/c1-25-10-12(23-21(28)19-8-13(27(30)31)11-26(19)2)7-18(25)22(29)24-17-5-6-20(39(35,36)37)16-9-14(38(32,33)34)3-4-15(16)17;/h3-11H,1-2H3,(H,23,28)(H,24,29)(H,32,33,34)(H,35,36,37);. The first kappa shape index (κ1) is 31.0. The topological polar surface area (TPSA) is 220 Å². The largest absolute Gasteiger partial charge is 0.344 e. The fourth-order valence-corrected chi connectivity index (χ4v) is 5.10. The molecular weight excluding hydrogens is 581 g/mol. The second-order valence-electron chi connectivity index (χ2n) is 8.35. The zero-order chi connectivity index (χ0) is 28.9. The van der Waals surface area contributed by atoms with Crippen molar-refractivity contribution in [3.8, 4) is 0 Å². The van der Waals surface area contributed by atoms with E-state index in [1.54, 1.807) is 0 Å². The predicted molar refractivity (Wildman–Crippen MR) is 143 cm³/mol. The third-order valence-corrected chi connectivity index (χ3v) is 7.46. The van der Waals surface area contributed by atoms with Crippen LogP contribution in [0.1, 0.15) is 21.0 Å². The molecule has 205 valence electrons. The van der Waals surface area contributed by atoms with Gasteiger partial charge in [0.1, 0.15) is 16.3 Å². The van der Waals surface area contributed by atoms with Crippen LogP contribution in [-0.2, 0) is 34.3 Å². The van der Waals surface area contributed by atoms with Crippen molar-refractivity contribution in [1.29, 1.82) is 0 Å². The van der Waals surface area contributed by atoms with Gasteiger partial charge in [0.25, 0.3) is 37.7 Å². The predicted octanol–water partition coefficient (Wildman–Crippen LogP) is 2.04. The van der Waals surface area contributed by atoms with Crippen LogP contribution >= 0.6 is 0 Å². The molecule has 0 fully saturated rings. The van der Waals surface area contributed by atoms with E-state index in [2.05, 4.69) is 10.6 Å². The third kappa shape index (κ3) is 6.25. The maximum atomic E-state index is 13.1. The summed E-state index contributed by atoms with van der Waals surface area (Å²) in [5.41, 5.74) is 0.0238. The van der Waals surface area contributed by atoms with E-state index < -0.39 is 46.8 Å². The molecule has 0 unspecified atom stereocenters. The molecule has 2 amide bonds. The Hall–Kier alpha value is -3.58. The van der Waals surface area contributed by atoms with Gasteiger partial charge < -0.3 is 19.8 Å². The molecule has 0 spiro atoms. The number of hydrogen-bond donors (Lipinski definition) is 4. The maximum Gasteiger partial charge on any atom is 0.295 e. The first-order valence-electron chi connectivity index (χ1n) is 10.7. The minimum absolute atomic E-state index is 0. The van der Waals surface area contributed by atoms with E-state index in [-0.39, 0.29) is 68.8 Å². The molecule has 4 N–H and O–H groups in total. The summed E-state index contributed by atoms with van der Waals surface area (Å²) in [6.07, 6.45) is 2.59.